The molecule has 246 valence electrons. The summed E-state index contributed by atoms with van der Waals surface area (Å²) in [6.07, 6.45) is 20.0. The number of carbonyl (C=O) groups excluding carboxylic acids is 2. The van der Waals surface area contributed by atoms with Crippen LogP contribution < -0.4 is 4.72 Å². The van der Waals surface area contributed by atoms with Gasteiger partial charge in [-0.2, -0.15) is 0 Å². The number of allylic oxidation sites excluding steroid dienone is 1. The highest BCUT2D eigenvalue weighted by Gasteiger charge is 2.43. The third kappa shape index (κ3) is 12.7. The maximum atomic E-state index is 13.3. The number of rotatable bonds is 17. The van der Waals surface area contributed by atoms with Gasteiger partial charge in [0.05, 0.1) is 18.5 Å². The molecule has 9 nitrogen and oxygen atoms in total. The molecule has 2 heterocycles. The Bertz CT molecular complexity index is 1030. The third-order valence-corrected chi connectivity index (χ3v) is 9.33. The van der Waals surface area contributed by atoms with E-state index in [-0.39, 0.29) is 47.8 Å². The van der Waals surface area contributed by atoms with Gasteiger partial charge in [-0.15, -0.1) is 0 Å². The van der Waals surface area contributed by atoms with Crippen molar-refractivity contribution in [1.82, 2.24) is 4.72 Å². The van der Waals surface area contributed by atoms with Crippen LogP contribution in [0.3, 0.4) is 0 Å². The lowest BCUT2D eigenvalue weighted by atomic mass is 9.80. The van der Waals surface area contributed by atoms with Crippen LogP contribution >= 0.6 is 0 Å². The van der Waals surface area contributed by atoms with Crippen LogP contribution in [-0.4, -0.2) is 64.4 Å². The van der Waals surface area contributed by atoms with Gasteiger partial charge in [0, 0.05) is 31.5 Å². The summed E-state index contributed by atoms with van der Waals surface area (Å²) < 4.78 is 49.2. The zero-order valence-electron chi connectivity index (χ0n) is 26.8. The van der Waals surface area contributed by atoms with Crippen LogP contribution in [0.1, 0.15) is 111 Å². The molecule has 0 spiro atoms. The summed E-state index contributed by atoms with van der Waals surface area (Å²) >= 11 is 0. The van der Waals surface area contributed by atoms with Crippen molar-refractivity contribution in [3.63, 3.8) is 0 Å². The number of ether oxygens (including phenoxy) is 4. The fourth-order valence-electron chi connectivity index (χ4n) is 6.23. The highest BCUT2D eigenvalue weighted by molar-refractivity contribution is 7.89. The van der Waals surface area contributed by atoms with Gasteiger partial charge >= 0.3 is 0 Å². The summed E-state index contributed by atoms with van der Waals surface area (Å²) in [5.41, 5.74) is -0.0933. The van der Waals surface area contributed by atoms with Gasteiger partial charge in [-0.25, -0.2) is 13.1 Å². The van der Waals surface area contributed by atoms with E-state index in [0.29, 0.717) is 19.4 Å². The first kappa shape index (κ1) is 35.9. The van der Waals surface area contributed by atoms with Crippen molar-refractivity contribution >= 4 is 21.7 Å². The molecule has 0 radical (unpaired) electrons. The van der Waals surface area contributed by atoms with Gasteiger partial charge in [0.2, 0.25) is 10.0 Å². The van der Waals surface area contributed by atoms with Gasteiger partial charge in [0.15, 0.2) is 12.6 Å². The molecule has 43 heavy (non-hydrogen) atoms. The number of nitrogens with one attached hydrogen (secondary N) is 1. The SMILES string of the molecule is CCCCC(C)(C)[C@@H](C=C[C@H]1[C@H](OC2CCCCO2)CC(=O)[C@@H]1CCCCC=CC(=O)NS(C)(=O)=O)OC1CCCCO1. The number of ketones is 1. The molecule has 0 aromatic carbocycles. The molecule has 6 atom stereocenters. The molecule has 1 N–H and O–H groups in total. The summed E-state index contributed by atoms with van der Waals surface area (Å²) in [7, 11) is -3.58. The normalized spacial score (nSPS) is 28.1. The number of amides is 1. The van der Waals surface area contributed by atoms with Crippen molar-refractivity contribution in [2.75, 3.05) is 19.5 Å². The molecule has 3 rings (SSSR count). The minimum Gasteiger partial charge on any atom is -0.353 e. The summed E-state index contributed by atoms with van der Waals surface area (Å²) in [4.78, 5) is 25.0. The van der Waals surface area contributed by atoms with E-state index in [4.69, 9.17) is 18.9 Å². The smallest absolute Gasteiger partial charge is 0.257 e. The Morgan fingerprint density at radius 3 is 2.40 bits per heavy atom. The fraction of sp³-hybridized carbons (Fsp3) is 0.818. The molecule has 3 aliphatic rings. The molecule has 0 aromatic rings. The second kappa shape index (κ2) is 17.8. The topological polar surface area (TPSA) is 117 Å². The molecule has 2 unspecified atom stereocenters. The summed E-state index contributed by atoms with van der Waals surface area (Å²) in [5, 5.41) is 0. The number of carbonyl (C=O) groups is 2. The molecule has 10 heteroatoms. The zero-order valence-corrected chi connectivity index (χ0v) is 27.6. The lowest BCUT2D eigenvalue weighted by molar-refractivity contribution is -0.198. The van der Waals surface area contributed by atoms with Gasteiger partial charge in [-0.05, 0) is 75.7 Å². The monoisotopic (exact) mass is 625 g/mol. The van der Waals surface area contributed by atoms with Gasteiger partial charge in [0.25, 0.3) is 5.91 Å². The largest absolute Gasteiger partial charge is 0.353 e. The van der Waals surface area contributed by atoms with Crippen LogP contribution in [0, 0.1) is 17.3 Å². The Kier molecular flexibility index (Phi) is 14.8. The zero-order chi connectivity index (χ0) is 31.3. The lowest BCUT2D eigenvalue weighted by Gasteiger charge is -2.36. The second-order valence-corrected chi connectivity index (χ2v) is 14.8. The molecule has 1 saturated carbocycles. The third-order valence-electron chi connectivity index (χ3n) is 8.75. The van der Waals surface area contributed by atoms with Crippen LogP contribution in [0.25, 0.3) is 0 Å². The lowest BCUT2D eigenvalue weighted by Crippen LogP contribution is -2.37. The Morgan fingerprint density at radius 2 is 1.77 bits per heavy atom. The van der Waals surface area contributed by atoms with Crippen molar-refractivity contribution in [2.24, 2.45) is 17.3 Å². The van der Waals surface area contributed by atoms with Crippen molar-refractivity contribution in [3.05, 3.63) is 24.3 Å². The van der Waals surface area contributed by atoms with Crippen molar-refractivity contribution in [2.45, 2.75) is 135 Å². The Labute approximate surface area is 259 Å². The number of sulfonamides is 1. The number of unbranched alkanes of at least 4 members (excludes halogenated alkanes) is 3. The molecule has 1 amide bonds. The van der Waals surface area contributed by atoms with Gasteiger partial charge in [-0.1, -0.05) is 58.3 Å². The number of Topliss-reactive ketones (excluding diaryl/α,β-unsaturated/α-hetero) is 1. The molecule has 2 saturated heterocycles. The maximum Gasteiger partial charge on any atom is 0.257 e. The molecule has 3 fully saturated rings. The van der Waals surface area contributed by atoms with E-state index >= 15 is 0 Å². The molecular formula is C33H55NO8S. The van der Waals surface area contributed by atoms with E-state index in [2.05, 4.69) is 32.9 Å². The van der Waals surface area contributed by atoms with Crippen LogP contribution in [0.15, 0.2) is 24.3 Å². The molecule has 0 aromatic heterocycles. The Hall–Kier alpha value is -1.59. The van der Waals surface area contributed by atoms with Crippen LogP contribution in [-0.2, 0) is 38.6 Å². The first-order chi connectivity index (χ1) is 20.5. The van der Waals surface area contributed by atoms with E-state index in [1.807, 2.05) is 4.72 Å². The number of hydrogen-bond donors (Lipinski definition) is 1. The summed E-state index contributed by atoms with van der Waals surface area (Å²) in [6, 6.07) is 0. The first-order valence-electron chi connectivity index (χ1n) is 16.4. The average molecular weight is 626 g/mol. The Morgan fingerprint density at radius 1 is 1.07 bits per heavy atom. The fourth-order valence-corrected chi connectivity index (χ4v) is 6.67. The Balaban J connectivity index is 1.70. The van der Waals surface area contributed by atoms with E-state index in [1.54, 1.807) is 6.08 Å². The summed E-state index contributed by atoms with van der Waals surface area (Å²) in [5.74, 6) is -0.667. The molecule has 1 aliphatic carbocycles. The van der Waals surface area contributed by atoms with Crippen LogP contribution in [0.4, 0.5) is 0 Å². The molecular weight excluding hydrogens is 570 g/mol. The molecule has 0 bridgehead atoms. The van der Waals surface area contributed by atoms with E-state index in [9.17, 15) is 18.0 Å². The molecule has 2 aliphatic heterocycles. The highest BCUT2D eigenvalue weighted by Crippen LogP contribution is 2.39. The second-order valence-electron chi connectivity index (χ2n) is 13.1. The quantitative estimate of drug-likeness (QED) is 0.119. The van der Waals surface area contributed by atoms with Gasteiger partial charge in [-0.3, -0.25) is 9.59 Å². The van der Waals surface area contributed by atoms with Crippen LogP contribution in [0.2, 0.25) is 0 Å². The maximum absolute atomic E-state index is 13.3. The minimum absolute atomic E-state index is 0.0746. The standard InChI is InChI=1S/C33H55NO8S/c1-5-6-21-33(2,3)29(42-32-18-12-14-23-40-32)20-19-26-25(15-9-7-8-10-16-30(36)34-43(4,37)38)27(35)24-28(26)41-31-17-11-13-22-39-31/h10,16,19-20,25-26,28-29,31-32H,5-9,11-15,17-18,21-24H2,1-4H3,(H,34,36)/t25-,26-,28-,29-,31?,32?/m1/s1. The van der Waals surface area contributed by atoms with Crippen LogP contribution in [0.5, 0.6) is 0 Å². The minimum atomic E-state index is -3.58. The van der Waals surface area contributed by atoms with Gasteiger partial charge in [0.1, 0.15) is 5.78 Å². The van der Waals surface area contributed by atoms with Crippen molar-refractivity contribution in [3.8, 4) is 0 Å². The first-order valence-corrected chi connectivity index (χ1v) is 18.3. The average Bonchev–Trinajstić information content (AvgIpc) is 3.24. The van der Waals surface area contributed by atoms with E-state index < -0.39 is 15.9 Å². The van der Waals surface area contributed by atoms with Crippen molar-refractivity contribution < 1.29 is 37.0 Å². The van der Waals surface area contributed by atoms with Gasteiger partial charge < -0.3 is 18.9 Å². The predicted molar refractivity (Wildman–Crippen MR) is 167 cm³/mol. The highest BCUT2D eigenvalue weighted by atomic mass is 32.2. The predicted octanol–water partition coefficient (Wildman–Crippen LogP) is 5.98. The van der Waals surface area contributed by atoms with E-state index in [0.717, 1.165) is 89.9 Å². The summed E-state index contributed by atoms with van der Waals surface area (Å²) in [6.45, 7) is 8.13. The number of hydrogen-bond acceptors (Lipinski definition) is 8. The van der Waals surface area contributed by atoms with Crippen molar-refractivity contribution in [1.29, 1.82) is 0 Å². The van der Waals surface area contributed by atoms with E-state index in [1.165, 1.54) is 6.08 Å².